The lowest BCUT2D eigenvalue weighted by Gasteiger charge is -2.07. The minimum Gasteiger partial charge on any atom is -0.423 e. The maximum Gasteiger partial charge on any atom is 0.336 e. The maximum absolute atomic E-state index is 12.0. The van der Waals surface area contributed by atoms with Crippen LogP contribution in [0.1, 0.15) is 5.56 Å². The molecule has 7 heteroatoms. The van der Waals surface area contributed by atoms with E-state index in [2.05, 4.69) is 26.1 Å². The second kappa shape index (κ2) is 7.50. The van der Waals surface area contributed by atoms with Crippen molar-refractivity contribution in [3.8, 4) is 11.5 Å². The van der Waals surface area contributed by atoms with Gasteiger partial charge in [-0.25, -0.2) is 4.79 Å². The molecule has 5 aromatic rings. The lowest BCUT2D eigenvalue weighted by Crippen LogP contribution is -2.00. The van der Waals surface area contributed by atoms with Crippen LogP contribution < -0.4 is 5.63 Å². The molecule has 0 aliphatic rings. The quantitative estimate of drug-likeness (QED) is 0.183. The van der Waals surface area contributed by atoms with E-state index in [0.29, 0.717) is 22.4 Å². The summed E-state index contributed by atoms with van der Waals surface area (Å²) >= 11 is 4.84. The van der Waals surface area contributed by atoms with E-state index in [9.17, 15) is 4.79 Å². The number of rotatable bonds is 4. The van der Waals surface area contributed by atoms with Crippen LogP contribution in [0.25, 0.3) is 33.2 Å². The predicted octanol–water partition coefficient (Wildman–Crippen LogP) is 6.05. The highest BCUT2D eigenvalue weighted by atomic mass is 79.9. The van der Waals surface area contributed by atoms with Gasteiger partial charge in [0, 0.05) is 27.2 Å². The summed E-state index contributed by atoms with van der Waals surface area (Å²) in [6, 6.07) is 21.1. The lowest BCUT2D eigenvalue weighted by molar-refractivity contribution is 0.466. The molecule has 0 aliphatic carbocycles. The van der Waals surface area contributed by atoms with Gasteiger partial charge in [0.05, 0.1) is 0 Å². The van der Waals surface area contributed by atoms with Crippen molar-refractivity contribution in [2.75, 3.05) is 0 Å². The fourth-order valence-corrected chi connectivity index (χ4v) is 4.42. The zero-order valence-electron chi connectivity index (χ0n) is 15.0. The number of nitrogens with zero attached hydrogens (tertiary/aromatic N) is 2. The Morgan fingerprint density at radius 1 is 0.931 bits per heavy atom. The van der Waals surface area contributed by atoms with Crippen molar-refractivity contribution in [2.45, 2.75) is 11.0 Å². The Hall–Kier alpha value is -2.90. The molecule has 0 fully saturated rings. The molecule has 0 N–H and O–H groups in total. The first kappa shape index (κ1) is 18.1. The van der Waals surface area contributed by atoms with Crippen LogP contribution in [0.15, 0.2) is 90.1 Å². The number of hydrogen-bond donors (Lipinski definition) is 0. The van der Waals surface area contributed by atoms with Crippen LogP contribution in [0.2, 0.25) is 0 Å². The third-order valence-corrected chi connectivity index (χ3v) is 5.90. The molecule has 5 rings (SSSR count). The summed E-state index contributed by atoms with van der Waals surface area (Å²) in [5, 5.41) is 11.8. The number of thioether (sulfide) groups is 1. The van der Waals surface area contributed by atoms with Crippen molar-refractivity contribution in [1.82, 2.24) is 10.2 Å². The van der Waals surface area contributed by atoms with Gasteiger partial charge in [-0.2, -0.15) is 0 Å². The van der Waals surface area contributed by atoms with Crippen LogP contribution in [0.5, 0.6) is 0 Å². The third kappa shape index (κ3) is 3.59. The van der Waals surface area contributed by atoms with E-state index in [1.165, 1.54) is 17.8 Å². The minimum atomic E-state index is -0.372. The summed E-state index contributed by atoms with van der Waals surface area (Å²) in [6.45, 7) is 0. The molecule has 0 bridgehead atoms. The third-order valence-electron chi connectivity index (χ3n) is 4.54. The van der Waals surface area contributed by atoms with E-state index in [-0.39, 0.29) is 5.63 Å². The Balaban J connectivity index is 1.50. The highest BCUT2D eigenvalue weighted by molar-refractivity contribution is 9.10. The van der Waals surface area contributed by atoms with Crippen molar-refractivity contribution in [2.24, 2.45) is 0 Å². The minimum absolute atomic E-state index is 0.372. The monoisotopic (exact) mass is 464 g/mol. The van der Waals surface area contributed by atoms with Crippen LogP contribution in [0.3, 0.4) is 0 Å². The molecule has 142 valence electrons. The van der Waals surface area contributed by atoms with Gasteiger partial charge in [-0.3, -0.25) is 0 Å². The summed E-state index contributed by atoms with van der Waals surface area (Å²) in [4.78, 5) is 12.0. The first-order chi connectivity index (χ1) is 14.2. The summed E-state index contributed by atoms with van der Waals surface area (Å²) in [5.41, 5.74) is 1.92. The molecule has 5 nitrogen and oxygen atoms in total. The number of benzene rings is 3. The van der Waals surface area contributed by atoms with Gasteiger partial charge in [-0.1, -0.05) is 64.1 Å². The van der Waals surface area contributed by atoms with E-state index >= 15 is 0 Å². The van der Waals surface area contributed by atoms with Crippen LogP contribution in [0.4, 0.5) is 0 Å². The SMILES string of the molecule is O=c1cc(CSc2nnc(-c3cccc(Br)c3)o2)c2c(ccc3ccccc32)o1. The van der Waals surface area contributed by atoms with Crippen molar-refractivity contribution >= 4 is 49.4 Å². The molecular weight excluding hydrogens is 452 g/mol. The van der Waals surface area contributed by atoms with Crippen molar-refractivity contribution < 1.29 is 8.83 Å². The Kier molecular flexibility index (Phi) is 4.69. The molecule has 2 aromatic heterocycles. The predicted molar refractivity (Wildman–Crippen MR) is 117 cm³/mol. The van der Waals surface area contributed by atoms with Crippen molar-refractivity contribution in [3.63, 3.8) is 0 Å². The first-order valence-corrected chi connectivity index (χ1v) is 10.6. The molecule has 0 radical (unpaired) electrons. The molecular formula is C22H13BrN2O3S. The summed E-state index contributed by atoms with van der Waals surface area (Å²) < 4.78 is 12.2. The molecule has 2 heterocycles. The Morgan fingerprint density at radius 2 is 1.83 bits per heavy atom. The van der Waals surface area contributed by atoms with E-state index in [4.69, 9.17) is 8.83 Å². The fraction of sp³-hybridized carbons (Fsp3) is 0.0455. The van der Waals surface area contributed by atoms with Crippen LogP contribution in [-0.4, -0.2) is 10.2 Å². The molecule has 0 saturated carbocycles. The second-order valence-electron chi connectivity index (χ2n) is 6.42. The molecule has 0 aliphatic heterocycles. The van der Waals surface area contributed by atoms with Gasteiger partial charge in [0.25, 0.3) is 5.22 Å². The van der Waals surface area contributed by atoms with Gasteiger partial charge in [0.15, 0.2) is 0 Å². The lowest BCUT2D eigenvalue weighted by atomic mass is 10.0. The van der Waals surface area contributed by atoms with Gasteiger partial charge in [-0.15, -0.1) is 10.2 Å². The average molecular weight is 465 g/mol. The first-order valence-electron chi connectivity index (χ1n) is 8.84. The van der Waals surface area contributed by atoms with Gasteiger partial charge >= 0.3 is 5.63 Å². The summed E-state index contributed by atoms with van der Waals surface area (Å²) in [5.74, 6) is 0.965. The van der Waals surface area contributed by atoms with Gasteiger partial charge in [0.1, 0.15) is 5.58 Å². The highest BCUT2D eigenvalue weighted by Gasteiger charge is 2.13. The second-order valence-corrected chi connectivity index (χ2v) is 8.26. The van der Waals surface area contributed by atoms with E-state index in [0.717, 1.165) is 31.8 Å². The molecule has 0 atom stereocenters. The zero-order valence-corrected chi connectivity index (χ0v) is 17.4. The van der Waals surface area contributed by atoms with Gasteiger partial charge in [0.2, 0.25) is 5.89 Å². The van der Waals surface area contributed by atoms with Gasteiger partial charge in [-0.05, 0) is 40.6 Å². The molecule has 0 unspecified atom stereocenters. The molecule has 0 spiro atoms. The smallest absolute Gasteiger partial charge is 0.336 e. The van der Waals surface area contributed by atoms with Crippen molar-refractivity contribution in [1.29, 1.82) is 0 Å². The van der Waals surface area contributed by atoms with E-state index < -0.39 is 0 Å². The van der Waals surface area contributed by atoms with Crippen LogP contribution >= 0.6 is 27.7 Å². The highest BCUT2D eigenvalue weighted by Crippen LogP contribution is 2.32. The number of fused-ring (bicyclic) bond motifs is 3. The fourth-order valence-electron chi connectivity index (χ4n) is 3.28. The Bertz CT molecular complexity index is 1410. The Labute approximate surface area is 177 Å². The van der Waals surface area contributed by atoms with Crippen molar-refractivity contribution in [3.05, 3.63) is 87.2 Å². The molecule has 0 amide bonds. The van der Waals surface area contributed by atoms with Crippen LogP contribution in [0, 0.1) is 0 Å². The summed E-state index contributed by atoms with van der Waals surface area (Å²) in [6.07, 6.45) is 0. The largest absolute Gasteiger partial charge is 0.423 e. The van der Waals surface area contributed by atoms with E-state index in [1.807, 2.05) is 60.7 Å². The Morgan fingerprint density at radius 3 is 2.72 bits per heavy atom. The zero-order chi connectivity index (χ0) is 19.8. The van der Waals surface area contributed by atoms with Crippen LogP contribution in [-0.2, 0) is 5.75 Å². The molecule has 0 saturated heterocycles. The topological polar surface area (TPSA) is 69.1 Å². The van der Waals surface area contributed by atoms with Gasteiger partial charge < -0.3 is 8.83 Å². The number of hydrogen-bond acceptors (Lipinski definition) is 6. The summed E-state index contributed by atoms with van der Waals surface area (Å²) in [7, 11) is 0. The molecule has 29 heavy (non-hydrogen) atoms. The molecule has 3 aromatic carbocycles. The normalized spacial score (nSPS) is 11.3. The standard InChI is InChI=1S/C22H13BrN2O3S/c23-16-6-3-5-14(10-16)21-24-25-22(28-21)29-12-15-11-19(26)27-18-9-8-13-4-1-2-7-17(13)20(15)18/h1-11H,12H2. The maximum atomic E-state index is 12.0. The average Bonchev–Trinajstić information content (AvgIpc) is 3.21. The van der Waals surface area contributed by atoms with E-state index in [1.54, 1.807) is 0 Å². The number of aromatic nitrogens is 2. The number of halogens is 1.